The van der Waals surface area contributed by atoms with Gasteiger partial charge in [0, 0.05) is 11.8 Å². The highest BCUT2D eigenvalue weighted by molar-refractivity contribution is 6.88. The van der Waals surface area contributed by atoms with Gasteiger partial charge in [-0.05, 0) is 26.2 Å². The zero-order chi connectivity index (χ0) is 57.6. The van der Waals surface area contributed by atoms with Crippen LogP contribution in [-0.4, -0.2) is 162 Å². The molecule has 2 aromatic rings. The van der Waals surface area contributed by atoms with E-state index in [0.717, 1.165) is 25.4 Å². The maximum Gasteiger partial charge on any atom is 0.303 e. The number of benzene rings is 1. The molecule has 0 unspecified atom stereocenters. The Morgan fingerprint density at radius 3 is 1.58 bits per heavy atom. The smallest absolute Gasteiger partial charge is 0.303 e. The molecule has 0 spiro atoms. The van der Waals surface area contributed by atoms with Gasteiger partial charge in [-0.3, -0.25) is 4.79 Å². The molecule has 20 heteroatoms. The zero-order valence-corrected chi connectivity index (χ0v) is 52.4. The van der Waals surface area contributed by atoms with Gasteiger partial charge in [-0.15, -0.1) is 28.2 Å². The van der Waals surface area contributed by atoms with Crippen LogP contribution >= 0.6 is 0 Å². The molecule has 3 aliphatic rings. The number of hydrogen-bond acceptors (Lipinski definition) is 14. The van der Waals surface area contributed by atoms with Crippen LogP contribution in [0.5, 0.6) is 0 Å². The summed E-state index contributed by atoms with van der Waals surface area (Å²) in [6.45, 7) is 43.3. The number of aromatic nitrogens is 3. The molecule has 77 heavy (non-hydrogen) atoms. The summed E-state index contributed by atoms with van der Waals surface area (Å²) in [5.41, 5.74) is 20.5. The second-order valence-electron chi connectivity index (χ2n) is 23.7. The SMILES string of the molecule is C#CCOC[C@H]1CO1.CC(=O)O[C@@H](COCC#C[Si](C)(C)C(C)(C)C)Cn1cc(COC[C@H]2CO2)nn1.CC(C)(C)[Si](C)(C)C#CCOC[C@@H](CN=[N+]=[N-])OCc1ccccc1.CC(C)(C)[Si](C)(C)C#CCOC[C@H]1CO1. The Balaban J connectivity index is 0.000000381. The molecular weight excluding hydrogens is 1030 g/mol. The molecule has 3 aliphatic heterocycles. The Kier molecular flexibility index (Phi) is 30.9. The van der Waals surface area contributed by atoms with Crippen molar-refractivity contribution in [2.75, 3.05) is 85.8 Å². The van der Waals surface area contributed by atoms with Gasteiger partial charge in [0.2, 0.25) is 0 Å². The van der Waals surface area contributed by atoms with Crippen LogP contribution < -0.4 is 0 Å². The van der Waals surface area contributed by atoms with Crippen LogP contribution in [0, 0.1) is 46.7 Å². The Hall–Kier alpha value is -4.33. The number of ether oxygens (including phenoxy) is 10. The molecule has 0 aliphatic carbocycles. The van der Waals surface area contributed by atoms with E-state index in [-0.39, 0.29) is 41.4 Å². The van der Waals surface area contributed by atoms with E-state index >= 15 is 0 Å². The fraction of sp³-hybridized carbons (Fsp3) is 0.702. The number of carbonyl (C=O) groups excluding carboxylic acids is 1. The van der Waals surface area contributed by atoms with Crippen molar-refractivity contribution in [3.63, 3.8) is 0 Å². The lowest BCUT2D eigenvalue weighted by Crippen LogP contribution is -2.35. The molecule has 0 N–H and O–H groups in total. The van der Waals surface area contributed by atoms with E-state index in [1.807, 2.05) is 30.3 Å². The van der Waals surface area contributed by atoms with Crippen LogP contribution in [0.25, 0.3) is 10.4 Å². The van der Waals surface area contributed by atoms with E-state index in [4.69, 9.17) is 59.3 Å². The van der Waals surface area contributed by atoms with Gasteiger partial charge in [0.25, 0.3) is 0 Å². The van der Waals surface area contributed by atoms with Crippen LogP contribution in [0.4, 0.5) is 0 Å². The molecule has 0 saturated carbocycles. The van der Waals surface area contributed by atoms with Gasteiger partial charge in [0.15, 0.2) is 0 Å². The molecule has 5 rings (SSSR count). The molecule has 17 nitrogen and oxygen atoms in total. The lowest BCUT2D eigenvalue weighted by atomic mass is 10.2. The van der Waals surface area contributed by atoms with Crippen molar-refractivity contribution in [1.82, 2.24) is 15.0 Å². The third-order valence-corrected chi connectivity index (χ3v) is 27.2. The molecule has 428 valence electrons. The zero-order valence-electron chi connectivity index (χ0n) is 49.4. The highest BCUT2D eigenvalue weighted by atomic mass is 28.3. The molecular formula is C57H92N6O11Si3. The standard InChI is InChI=1S/C20H33N3O5Si.C19H29N3O2Si.C12H22O2Si.C6H8O2/c1-16(24)28-18(13-25-8-7-9-29(5,6)20(2,3)4)11-23-10-17(21-22-23)12-26-14-19-15-27-19;1-19(2,3)25(4,5)13-9-12-23-16-18(14-21-22-20)24-15-17-10-7-6-8-11-17;1-12(2,3)15(4,5)8-6-7-13-9-11-10-14-11;1-2-3-7-4-6-5-8-6/h10,18-19H,8,11-15H2,1-6H3;6-8,10-11,18H,12,14-16H2,1-5H3;11H,7,9-10H2,1-5H3;1,6H,3-5H2/t18-,19+;18-;11-;6-/m1100/s1. The summed E-state index contributed by atoms with van der Waals surface area (Å²) >= 11 is 0. The Morgan fingerprint density at radius 1 is 0.714 bits per heavy atom. The third kappa shape index (κ3) is 32.4. The number of nitrogens with zero attached hydrogens (tertiary/aromatic N) is 6. The highest BCUT2D eigenvalue weighted by Crippen LogP contribution is 2.36. The molecule has 4 heterocycles. The number of terminal acetylenes is 1. The quantitative estimate of drug-likeness (QED) is 0.0141. The van der Waals surface area contributed by atoms with Crippen molar-refractivity contribution in [2.45, 2.75) is 174 Å². The first kappa shape index (κ1) is 68.8. The summed E-state index contributed by atoms with van der Waals surface area (Å²) in [4.78, 5) is 14.2. The van der Waals surface area contributed by atoms with Gasteiger partial charge < -0.3 is 47.4 Å². The molecule has 1 aromatic heterocycles. The van der Waals surface area contributed by atoms with Crippen molar-refractivity contribution < 1.29 is 52.2 Å². The summed E-state index contributed by atoms with van der Waals surface area (Å²) < 4.78 is 54.9. The molecule has 0 radical (unpaired) electrons. The van der Waals surface area contributed by atoms with Crippen LogP contribution in [0.15, 0.2) is 41.6 Å². The minimum absolute atomic E-state index is 0.209. The van der Waals surface area contributed by atoms with Gasteiger partial charge in [0.05, 0.1) is 91.5 Å². The maximum atomic E-state index is 11.4. The first-order valence-corrected chi connectivity index (χ1v) is 35.5. The first-order chi connectivity index (χ1) is 36.1. The molecule has 1 aromatic carbocycles. The lowest BCUT2D eigenvalue weighted by molar-refractivity contribution is -0.150. The Morgan fingerprint density at radius 2 is 1.16 bits per heavy atom. The number of esters is 1. The van der Waals surface area contributed by atoms with Gasteiger partial charge in [-0.2, -0.15) is 0 Å². The minimum atomic E-state index is -1.65. The molecule has 0 bridgehead atoms. The summed E-state index contributed by atoms with van der Waals surface area (Å²) in [7, 11) is -4.69. The fourth-order valence-electron chi connectivity index (χ4n) is 5.23. The second-order valence-corrected chi connectivity index (χ2v) is 38.7. The summed E-state index contributed by atoms with van der Waals surface area (Å²) in [5, 5.41) is 12.5. The molecule has 3 saturated heterocycles. The Bertz CT molecular complexity index is 2310. The minimum Gasteiger partial charge on any atom is -0.458 e. The number of carbonyl (C=O) groups is 1. The predicted molar refractivity (Wildman–Crippen MR) is 311 cm³/mol. The average molecular weight is 1120 g/mol. The predicted octanol–water partition coefficient (Wildman–Crippen LogP) is 9.63. The summed E-state index contributed by atoms with van der Waals surface area (Å²) in [6, 6.07) is 9.89. The van der Waals surface area contributed by atoms with Crippen molar-refractivity contribution in [3.05, 3.63) is 58.2 Å². The van der Waals surface area contributed by atoms with Gasteiger partial charge in [-0.25, -0.2) is 4.68 Å². The van der Waals surface area contributed by atoms with E-state index in [9.17, 15) is 4.79 Å². The highest BCUT2D eigenvalue weighted by Gasteiger charge is 2.35. The van der Waals surface area contributed by atoms with Crippen LogP contribution in [0.3, 0.4) is 0 Å². The summed E-state index contributed by atoms with van der Waals surface area (Å²) in [6.07, 6.45) is 6.87. The van der Waals surface area contributed by atoms with Crippen LogP contribution in [0.1, 0.15) is 80.5 Å². The third-order valence-electron chi connectivity index (χ3n) is 13.5. The lowest BCUT2D eigenvalue weighted by Gasteiger charge is -2.31. The van der Waals surface area contributed by atoms with Crippen molar-refractivity contribution in [3.8, 4) is 46.7 Å². The van der Waals surface area contributed by atoms with Crippen LogP contribution in [-0.2, 0) is 71.9 Å². The van der Waals surface area contributed by atoms with E-state index in [1.165, 1.54) is 6.92 Å². The second kappa shape index (κ2) is 34.6. The van der Waals surface area contributed by atoms with Gasteiger partial charge in [0.1, 0.15) is 80.8 Å². The van der Waals surface area contributed by atoms with Gasteiger partial charge >= 0.3 is 5.97 Å². The van der Waals surface area contributed by atoms with Crippen molar-refractivity contribution >= 4 is 30.2 Å². The van der Waals surface area contributed by atoms with E-state index in [0.29, 0.717) is 95.6 Å². The van der Waals surface area contributed by atoms with E-state index in [1.54, 1.807) is 10.9 Å². The van der Waals surface area contributed by atoms with Crippen LogP contribution in [0.2, 0.25) is 54.4 Å². The largest absolute Gasteiger partial charge is 0.458 e. The Labute approximate surface area is 465 Å². The number of azide groups is 1. The van der Waals surface area contributed by atoms with Crippen molar-refractivity contribution in [2.24, 2.45) is 5.11 Å². The first-order valence-electron chi connectivity index (χ1n) is 26.5. The molecule has 0 amide bonds. The average Bonchev–Trinajstić information content (AvgIpc) is 4.24. The topological polar surface area (TPSA) is 199 Å². The normalized spacial score (nSPS) is 17.3. The molecule has 5 atom stereocenters. The van der Waals surface area contributed by atoms with Crippen molar-refractivity contribution in [1.29, 1.82) is 0 Å². The monoisotopic (exact) mass is 1120 g/mol. The summed E-state index contributed by atoms with van der Waals surface area (Å²) in [5.74, 6) is 11.4. The number of hydrogen-bond donors (Lipinski definition) is 0. The molecule has 3 fully saturated rings. The fourth-order valence-corrected chi connectivity index (χ4v) is 7.89. The maximum absolute atomic E-state index is 11.4. The van der Waals surface area contributed by atoms with Gasteiger partial charge in [-0.1, -0.05) is 166 Å². The van der Waals surface area contributed by atoms with E-state index < -0.39 is 30.3 Å². The van der Waals surface area contributed by atoms with E-state index in [2.05, 4.69) is 162 Å². The number of rotatable bonds is 24. The number of epoxide rings is 3.